The Hall–Kier alpha value is -4.96. The maximum absolute atomic E-state index is 5.02. The lowest BCUT2D eigenvalue weighted by atomic mass is 9.98. The predicted molar refractivity (Wildman–Crippen MR) is 153 cm³/mol. The number of aryl methyl sites for hydroxylation is 1. The van der Waals surface area contributed by atoms with E-state index < -0.39 is 0 Å². The van der Waals surface area contributed by atoms with Crippen molar-refractivity contribution in [3.63, 3.8) is 0 Å². The second-order valence-corrected chi connectivity index (χ2v) is 9.60. The van der Waals surface area contributed by atoms with Crippen molar-refractivity contribution in [2.45, 2.75) is 0 Å². The van der Waals surface area contributed by atoms with Gasteiger partial charge in [0.2, 0.25) is 0 Å². The molecule has 0 spiro atoms. The first-order valence-corrected chi connectivity index (χ1v) is 12.5. The Morgan fingerprint density at radius 2 is 1.11 bits per heavy atom. The maximum Gasteiger partial charge on any atom is 0.146 e. The molecule has 0 aliphatic heterocycles. The molecule has 0 aliphatic carbocycles. The SMILES string of the molecule is Cn1c(-c2ccc(-c3ccc4c(c3)c3ccccc3n3c5ccccc5nc43)cc2)nc2ccccc21. The molecule has 0 fully saturated rings. The topological polar surface area (TPSA) is 35.1 Å². The lowest BCUT2D eigenvalue weighted by Crippen LogP contribution is -1.93. The molecule has 4 nitrogen and oxygen atoms in total. The van der Waals surface area contributed by atoms with E-state index >= 15 is 0 Å². The first-order valence-electron chi connectivity index (χ1n) is 12.5. The van der Waals surface area contributed by atoms with Crippen LogP contribution in [0.15, 0.2) is 115 Å². The minimum Gasteiger partial charge on any atom is -0.327 e. The molecule has 8 aromatic rings. The number of nitrogens with zero attached hydrogens (tertiary/aromatic N) is 4. The van der Waals surface area contributed by atoms with Crippen LogP contribution in [-0.2, 0) is 7.05 Å². The van der Waals surface area contributed by atoms with Gasteiger partial charge in [-0.1, -0.05) is 72.8 Å². The summed E-state index contributed by atoms with van der Waals surface area (Å²) in [6.45, 7) is 0. The van der Waals surface area contributed by atoms with Crippen molar-refractivity contribution in [3.05, 3.63) is 115 Å². The van der Waals surface area contributed by atoms with Crippen molar-refractivity contribution in [2.24, 2.45) is 7.05 Å². The second kappa shape index (κ2) is 7.52. The monoisotopic (exact) mass is 474 g/mol. The molecule has 5 aromatic carbocycles. The molecule has 3 aromatic heterocycles. The zero-order valence-electron chi connectivity index (χ0n) is 20.3. The summed E-state index contributed by atoms with van der Waals surface area (Å²) in [7, 11) is 2.08. The molecule has 37 heavy (non-hydrogen) atoms. The van der Waals surface area contributed by atoms with E-state index in [4.69, 9.17) is 9.97 Å². The third kappa shape index (κ3) is 2.90. The molecular weight excluding hydrogens is 452 g/mol. The molecular formula is C33H22N4. The summed E-state index contributed by atoms with van der Waals surface area (Å²) in [4.78, 5) is 9.88. The van der Waals surface area contributed by atoms with Gasteiger partial charge in [0.05, 0.1) is 27.6 Å². The first-order chi connectivity index (χ1) is 18.3. The highest BCUT2D eigenvalue weighted by Gasteiger charge is 2.14. The Labute approximate surface area is 213 Å². The van der Waals surface area contributed by atoms with Gasteiger partial charge in [-0.15, -0.1) is 0 Å². The molecule has 174 valence electrons. The average molecular weight is 475 g/mol. The van der Waals surface area contributed by atoms with Crippen LogP contribution < -0.4 is 0 Å². The summed E-state index contributed by atoms with van der Waals surface area (Å²) in [6, 6.07) is 40.7. The van der Waals surface area contributed by atoms with Crippen LogP contribution in [0.2, 0.25) is 0 Å². The van der Waals surface area contributed by atoms with E-state index in [0.29, 0.717) is 0 Å². The molecule has 0 saturated heterocycles. The third-order valence-corrected chi connectivity index (χ3v) is 7.52. The van der Waals surface area contributed by atoms with E-state index in [1.54, 1.807) is 0 Å². The van der Waals surface area contributed by atoms with Crippen LogP contribution in [0.5, 0.6) is 0 Å². The molecule has 8 rings (SSSR count). The summed E-state index contributed by atoms with van der Waals surface area (Å²) in [5.41, 5.74) is 9.96. The molecule has 0 aliphatic rings. The van der Waals surface area contributed by atoms with Crippen LogP contribution in [-0.4, -0.2) is 18.9 Å². The van der Waals surface area contributed by atoms with Gasteiger partial charge in [-0.25, -0.2) is 9.97 Å². The molecule has 0 bridgehead atoms. The summed E-state index contributed by atoms with van der Waals surface area (Å²) in [5.74, 6) is 0.978. The van der Waals surface area contributed by atoms with Gasteiger partial charge in [-0.05, 0) is 59.0 Å². The number of pyridine rings is 1. The average Bonchev–Trinajstić information content (AvgIpc) is 3.51. The molecule has 0 amide bonds. The van der Waals surface area contributed by atoms with Gasteiger partial charge in [-0.3, -0.25) is 4.40 Å². The Balaban J connectivity index is 1.31. The number of imidazole rings is 2. The lowest BCUT2D eigenvalue weighted by molar-refractivity contribution is 0.959. The third-order valence-electron chi connectivity index (χ3n) is 7.52. The van der Waals surface area contributed by atoms with Crippen LogP contribution in [0, 0.1) is 0 Å². The Kier molecular flexibility index (Phi) is 4.12. The molecule has 0 atom stereocenters. The van der Waals surface area contributed by atoms with Gasteiger partial charge in [0.25, 0.3) is 0 Å². The first kappa shape index (κ1) is 20.3. The predicted octanol–water partition coefficient (Wildman–Crippen LogP) is 8.01. The van der Waals surface area contributed by atoms with Gasteiger partial charge in [0.1, 0.15) is 11.5 Å². The normalized spacial score (nSPS) is 11.9. The van der Waals surface area contributed by atoms with Crippen molar-refractivity contribution >= 4 is 49.4 Å². The Morgan fingerprint density at radius 3 is 1.89 bits per heavy atom. The molecule has 0 radical (unpaired) electrons. The smallest absolute Gasteiger partial charge is 0.146 e. The van der Waals surface area contributed by atoms with E-state index in [-0.39, 0.29) is 0 Å². The van der Waals surface area contributed by atoms with Crippen molar-refractivity contribution in [1.82, 2.24) is 18.9 Å². The number of para-hydroxylation sites is 5. The van der Waals surface area contributed by atoms with E-state index in [2.05, 4.69) is 125 Å². The highest BCUT2D eigenvalue weighted by Crippen LogP contribution is 2.35. The van der Waals surface area contributed by atoms with Crippen molar-refractivity contribution in [3.8, 4) is 22.5 Å². The lowest BCUT2D eigenvalue weighted by Gasteiger charge is -2.11. The van der Waals surface area contributed by atoms with Crippen molar-refractivity contribution in [2.75, 3.05) is 0 Å². The second-order valence-electron chi connectivity index (χ2n) is 9.60. The van der Waals surface area contributed by atoms with E-state index in [1.807, 2.05) is 6.07 Å². The quantitative estimate of drug-likeness (QED) is 0.238. The summed E-state index contributed by atoms with van der Waals surface area (Å²) >= 11 is 0. The minimum absolute atomic E-state index is 0.978. The fourth-order valence-electron chi connectivity index (χ4n) is 5.70. The van der Waals surface area contributed by atoms with E-state index in [1.165, 1.54) is 27.4 Å². The molecule has 0 N–H and O–H groups in total. The zero-order chi connectivity index (χ0) is 24.5. The van der Waals surface area contributed by atoms with E-state index in [9.17, 15) is 0 Å². The van der Waals surface area contributed by atoms with Gasteiger partial charge in [-0.2, -0.15) is 0 Å². The van der Waals surface area contributed by atoms with Crippen LogP contribution in [0.4, 0.5) is 0 Å². The molecule has 4 heteroatoms. The highest BCUT2D eigenvalue weighted by atomic mass is 15.1. The molecule has 0 unspecified atom stereocenters. The zero-order valence-corrected chi connectivity index (χ0v) is 20.3. The van der Waals surface area contributed by atoms with Gasteiger partial charge in [0, 0.05) is 23.4 Å². The van der Waals surface area contributed by atoms with Crippen LogP contribution >= 0.6 is 0 Å². The number of benzene rings is 5. The van der Waals surface area contributed by atoms with Gasteiger partial charge < -0.3 is 4.57 Å². The Bertz CT molecular complexity index is 2150. The minimum atomic E-state index is 0.978. The van der Waals surface area contributed by atoms with Crippen LogP contribution in [0.1, 0.15) is 0 Å². The number of rotatable bonds is 2. The van der Waals surface area contributed by atoms with Crippen LogP contribution in [0.3, 0.4) is 0 Å². The van der Waals surface area contributed by atoms with Crippen molar-refractivity contribution in [1.29, 1.82) is 0 Å². The summed E-state index contributed by atoms with van der Waals surface area (Å²) in [6.07, 6.45) is 0. The van der Waals surface area contributed by atoms with Crippen molar-refractivity contribution < 1.29 is 0 Å². The maximum atomic E-state index is 5.02. The van der Waals surface area contributed by atoms with E-state index in [0.717, 1.165) is 44.5 Å². The number of fused-ring (bicyclic) bond motifs is 9. The highest BCUT2D eigenvalue weighted by molar-refractivity contribution is 6.14. The largest absolute Gasteiger partial charge is 0.327 e. The number of hydrogen-bond donors (Lipinski definition) is 0. The molecule has 3 heterocycles. The molecule has 0 saturated carbocycles. The Morgan fingerprint density at radius 1 is 0.486 bits per heavy atom. The number of hydrogen-bond acceptors (Lipinski definition) is 2. The number of aromatic nitrogens is 4. The fraction of sp³-hybridized carbons (Fsp3) is 0.0303. The summed E-state index contributed by atoms with van der Waals surface area (Å²) < 4.78 is 4.45. The van der Waals surface area contributed by atoms with Gasteiger partial charge in [0.15, 0.2) is 0 Å². The van der Waals surface area contributed by atoms with Gasteiger partial charge >= 0.3 is 0 Å². The van der Waals surface area contributed by atoms with Crippen LogP contribution in [0.25, 0.3) is 71.9 Å². The fourth-order valence-corrected chi connectivity index (χ4v) is 5.70. The summed E-state index contributed by atoms with van der Waals surface area (Å²) in [5, 5.41) is 3.61. The standard InChI is InChI=1S/C33H22N4/c1-36-30-12-6-3-9-27(30)34-32(36)22-16-14-21(15-17-22)23-18-19-25-26(20-23)24-8-2-5-11-29(24)37-31-13-7-4-10-28(31)35-33(25)37/h2-20H,1H3.